The normalized spacial score (nSPS) is 11.9. The SMILES string of the molecule is Nc1c(N=Nc2ccc3cc(S(=O)(=O)O)c(N=Nc4ccc(S(=O)(=O)O)c5ccccc45)c(O)c3c2)c(S(=O)(=O)O)cc2ccc(N=Nc3ccc4c(O)c(N=Nc5cc(OC=O)cc(OC=O)c5)ccc4c3)c(O)c12.O=S(=O)=O.O=S(=O)=O. The number of phenolic OH excluding ortho intramolecular Hbond substituents is 3. The van der Waals surface area contributed by atoms with Gasteiger partial charge in [0.1, 0.15) is 48.9 Å². The Morgan fingerprint density at radius 2 is 0.857 bits per heavy atom. The number of fused-ring (bicyclic) bond motifs is 4. The van der Waals surface area contributed by atoms with Crippen LogP contribution in [-0.2, 0) is 61.2 Å². The molecule has 0 fully saturated rings. The van der Waals surface area contributed by atoms with E-state index in [0.29, 0.717) is 10.8 Å². The summed E-state index contributed by atoms with van der Waals surface area (Å²) in [6.07, 6.45) is 0. The molecule has 9 rings (SSSR count). The number of nitrogens with two attached hydrogens (primary N) is 1. The maximum atomic E-state index is 12.7. The van der Waals surface area contributed by atoms with Crippen LogP contribution in [0.5, 0.6) is 28.7 Å². The summed E-state index contributed by atoms with van der Waals surface area (Å²) in [5.74, 6) is -1.67. The van der Waals surface area contributed by atoms with E-state index in [2.05, 4.69) is 40.9 Å². The molecule has 8 N–H and O–H groups in total. The van der Waals surface area contributed by atoms with Gasteiger partial charge in [-0.3, -0.25) is 23.2 Å². The molecule has 0 unspecified atom stereocenters. The van der Waals surface area contributed by atoms with Gasteiger partial charge in [0.25, 0.3) is 43.3 Å². The maximum absolute atomic E-state index is 12.7. The number of hydrogen-bond donors (Lipinski definition) is 7. The number of nitrogens with zero attached hydrogens (tertiary/aromatic N) is 8. The number of hydrogen-bond acceptors (Lipinski definition) is 28. The minimum atomic E-state index is -5.09. The Morgan fingerprint density at radius 1 is 0.405 bits per heavy atom. The van der Waals surface area contributed by atoms with Crippen molar-refractivity contribution in [1.82, 2.24) is 0 Å². The molecule has 0 aliphatic heterocycles. The van der Waals surface area contributed by atoms with E-state index >= 15 is 0 Å². The van der Waals surface area contributed by atoms with E-state index in [0.717, 1.165) is 18.2 Å². The number of carbonyl (C=O) groups is 2. The first-order valence-electron chi connectivity index (χ1n) is 22.2. The summed E-state index contributed by atoms with van der Waals surface area (Å²) in [4.78, 5) is 19.5. The first-order chi connectivity index (χ1) is 39.6. The highest BCUT2D eigenvalue weighted by Crippen LogP contribution is 2.48. The highest BCUT2D eigenvalue weighted by Gasteiger charge is 2.25. The van der Waals surface area contributed by atoms with Crippen LogP contribution in [0.2, 0.25) is 0 Å². The number of phenols is 3. The number of benzene rings is 9. The van der Waals surface area contributed by atoms with Gasteiger partial charge in [-0.25, -0.2) is 0 Å². The van der Waals surface area contributed by atoms with E-state index < -0.39 is 94.8 Å². The van der Waals surface area contributed by atoms with Crippen molar-refractivity contribution in [3.63, 3.8) is 0 Å². The molecule has 0 heterocycles. The number of nitrogen functional groups attached to an aromatic ring is 1. The third-order valence-corrected chi connectivity index (χ3v) is 13.9. The van der Waals surface area contributed by atoms with Gasteiger partial charge >= 0.3 is 21.2 Å². The Kier molecular flexibility index (Phi) is 18.3. The van der Waals surface area contributed by atoms with Crippen molar-refractivity contribution >= 4 is 159 Å². The fourth-order valence-corrected chi connectivity index (χ4v) is 9.85. The zero-order chi connectivity index (χ0) is 61.4. The third kappa shape index (κ3) is 14.3. The van der Waals surface area contributed by atoms with Gasteiger partial charge in [-0.1, -0.05) is 42.5 Å². The molecule has 0 spiro atoms. The van der Waals surface area contributed by atoms with Gasteiger partial charge in [-0.05, 0) is 82.9 Å². The molecular formula is C48H31N9O22S5. The van der Waals surface area contributed by atoms with Crippen molar-refractivity contribution in [1.29, 1.82) is 0 Å². The third-order valence-electron chi connectivity index (χ3n) is 11.2. The summed E-state index contributed by atoms with van der Waals surface area (Å²) in [5, 5.41) is 67.2. The molecule has 36 heteroatoms. The molecule has 0 saturated carbocycles. The molecule has 0 atom stereocenters. The van der Waals surface area contributed by atoms with Crippen molar-refractivity contribution in [3.05, 3.63) is 127 Å². The molecule has 0 radical (unpaired) electrons. The molecule has 9 aromatic rings. The molecule has 0 aliphatic carbocycles. The molecule has 0 amide bonds. The molecule has 0 aromatic heterocycles. The minimum absolute atomic E-state index is 0.0146. The quantitative estimate of drug-likeness (QED) is 0.0217. The van der Waals surface area contributed by atoms with E-state index in [1.807, 2.05) is 0 Å². The average molecular weight is 1250 g/mol. The number of azo groups is 4. The summed E-state index contributed by atoms with van der Waals surface area (Å²) < 4.78 is 165. The predicted octanol–water partition coefficient (Wildman–Crippen LogP) is 9.46. The van der Waals surface area contributed by atoms with Crippen LogP contribution >= 0.6 is 0 Å². The monoisotopic (exact) mass is 1250 g/mol. The highest BCUT2D eigenvalue weighted by atomic mass is 32.2. The zero-order valence-electron chi connectivity index (χ0n) is 41.2. The Bertz CT molecular complexity index is 4890. The maximum Gasteiger partial charge on any atom is 0.425 e. The number of rotatable bonds is 15. The highest BCUT2D eigenvalue weighted by molar-refractivity contribution is 7.86. The van der Waals surface area contributed by atoms with Gasteiger partial charge in [0.05, 0.1) is 33.8 Å². The molecule has 9 aromatic carbocycles. The lowest BCUT2D eigenvalue weighted by molar-refractivity contribution is -0.121. The second-order valence-electron chi connectivity index (χ2n) is 16.3. The summed E-state index contributed by atoms with van der Waals surface area (Å²) in [5.41, 5.74) is 4.67. The van der Waals surface area contributed by atoms with Crippen LogP contribution in [0.3, 0.4) is 0 Å². The Balaban J connectivity index is 0.00000119. The number of aromatic hydroxyl groups is 3. The van der Waals surface area contributed by atoms with E-state index in [1.54, 1.807) is 12.1 Å². The van der Waals surface area contributed by atoms with Crippen LogP contribution in [0.1, 0.15) is 0 Å². The smallest absolute Gasteiger partial charge is 0.425 e. The Hall–Kier alpha value is -10.5. The molecule has 0 aliphatic rings. The van der Waals surface area contributed by atoms with Gasteiger partial charge in [0.15, 0.2) is 17.2 Å². The first kappa shape index (κ1) is 61.2. The number of anilines is 1. The second kappa shape index (κ2) is 25.1. The van der Waals surface area contributed by atoms with Gasteiger partial charge in [-0.15, -0.1) is 50.8 Å². The van der Waals surface area contributed by atoms with Crippen LogP contribution in [0.15, 0.2) is 183 Å². The lowest BCUT2D eigenvalue weighted by Gasteiger charge is -2.12. The Labute approximate surface area is 472 Å². The van der Waals surface area contributed by atoms with E-state index in [-0.39, 0.29) is 96.6 Å². The first-order valence-corrected chi connectivity index (χ1v) is 28.6. The molecule has 430 valence electrons. The van der Waals surface area contributed by atoms with Gasteiger partial charge in [0.2, 0.25) is 0 Å². The second-order valence-corrected chi connectivity index (χ2v) is 21.3. The molecule has 84 heavy (non-hydrogen) atoms. The van der Waals surface area contributed by atoms with E-state index in [1.165, 1.54) is 97.1 Å². The molecule has 0 saturated heterocycles. The van der Waals surface area contributed by atoms with Crippen molar-refractivity contribution in [2.24, 2.45) is 40.9 Å². The van der Waals surface area contributed by atoms with Crippen molar-refractivity contribution in [3.8, 4) is 28.7 Å². The Morgan fingerprint density at radius 3 is 1.45 bits per heavy atom. The predicted molar refractivity (Wildman–Crippen MR) is 291 cm³/mol. The van der Waals surface area contributed by atoms with Crippen LogP contribution < -0.4 is 15.2 Å². The van der Waals surface area contributed by atoms with Crippen LogP contribution in [0.25, 0.3) is 43.1 Å². The van der Waals surface area contributed by atoms with Gasteiger partial charge < -0.3 is 30.5 Å². The topological polar surface area (TPSA) is 504 Å². The molecule has 0 bridgehead atoms. The lowest BCUT2D eigenvalue weighted by Crippen LogP contribution is -2.01. The van der Waals surface area contributed by atoms with Crippen molar-refractivity contribution in [2.45, 2.75) is 14.7 Å². The summed E-state index contributed by atoms with van der Waals surface area (Å²) in [6, 6.07) is 27.9. The van der Waals surface area contributed by atoms with Crippen LogP contribution in [0.4, 0.5) is 51.2 Å². The zero-order valence-corrected chi connectivity index (χ0v) is 45.3. The van der Waals surface area contributed by atoms with Crippen LogP contribution in [-0.4, -0.2) is 92.4 Å². The van der Waals surface area contributed by atoms with E-state index in [4.69, 9.17) is 40.5 Å². The van der Waals surface area contributed by atoms with Gasteiger partial charge in [-0.2, -0.15) is 40.6 Å². The average Bonchev–Trinajstić information content (AvgIpc) is 3.60. The fraction of sp³-hybridized carbons (Fsp3) is 0. The van der Waals surface area contributed by atoms with E-state index in [9.17, 15) is 63.8 Å². The van der Waals surface area contributed by atoms with Crippen molar-refractivity contribution in [2.75, 3.05) is 5.73 Å². The lowest BCUT2D eigenvalue weighted by atomic mass is 10.1. The largest absolute Gasteiger partial charge is 0.505 e. The summed E-state index contributed by atoms with van der Waals surface area (Å²) in [7, 11) is -21.1. The number of carbonyl (C=O) groups excluding carboxylic acids is 2. The molecule has 31 nitrogen and oxygen atoms in total. The summed E-state index contributed by atoms with van der Waals surface area (Å²) >= 11 is 0. The summed E-state index contributed by atoms with van der Waals surface area (Å²) in [6.45, 7) is 0.342. The van der Waals surface area contributed by atoms with Gasteiger partial charge in [0, 0.05) is 39.7 Å². The standard InChI is InChI=1S/C48H31N9O16S3.2O3S/c49-43-42-26(7-12-38(48(42)62)55-50-27-9-10-32-24(15-27)6-11-37(46(32)60)54-52-29-18-30(72-22-58)21-31(19-29)73-23-59)17-40(75(66,67)68)44(43)56-51-28-8-5-25-16-41(76(69,70)71)45(47(61)35(25)20-28)57-53-36-13-14-39(74(63,64)65)34-4-2-1-3-33(34)36;2*1-4(2)3/h1-23,60-62H,49H2,(H,63,64,65)(H,66,67,68)(H,69,70,71);;. The van der Waals surface area contributed by atoms with Crippen molar-refractivity contribution < 1.29 is 98.5 Å². The number of ether oxygens (including phenoxy) is 2. The minimum Gasteiger partial charge on any atom is -0.505 e. The fourth-order valence-electron chi connectivity index (χ4n) is 7.82. The van der Waals surface area contributed by atoms with Crippen LogP contribution in [0, 0.1) is 0 Å². The molecular weight excluding hydrogens is 1210 g/mol.